The van der Waals surface area contributed by atoms with E-state index in [1.54, 1.807) is 4.98 Å². The van der Waals surface area contributed by atoms with Crippen molar-refractivity contribution in [1.29, 1.82) is 0 Å². The van der Waals surface area contributed by atoms with Crippen LogP contribution in [-0.2, 0) is 10.0 Å². The van der Waals surface area contributed by atoms with Crippen molar-refractivity contribution in [3.63, 3.8) is 0 Å². The number of sulfonamides is 1. The van der Waals surface area contributed by atoms with Crippen LogP contribution in [-0.4, -0.2) is 45.5 Å². The molecule has 36 heavy (non-hydrogen) atoms. The summed E-state index contributed by atoms with van der Waals surface area (Å²) in [6.07, 6.45) is -3.38. The Balaban J connectivity index is 1.66. The van der Waals surface area contributed by atoms with E-state index < -0.39 is 56.2 Å². The van der Waals surface area contributed by atoms with Crippen molar-refractivity contribution in [3.8, 4) is 22.9 Å². The molecule has 4 rings (SSSR count). The lowest BCUT2D eigenvalue weighted by Gasteiger charge is -2.31. The minimum absolute atomic E-state index is 0.0855. The smallest absolute Gasteiger partial charge is 0.349 e. The zero-order chi connectivity index (χ0) is 26.4. The fourth-order valence-electron chi connectivity index (χ4n) is 3.35. The van der Waals surface area contributed by atoms with Gasteiger partial charge in [-0.3, -0.25) is 9.78 Å². The molecule has 1 aliphatic rings. The van der Waals surface area contributed by atoms with Crippen LogP contribution in [0.25, 0.3) is 5.69 Å². The SMILES string of the molecule is O=c1[nH]c(=O)n(-c2cc(Cl)c(Oc3ccc(O)c(S(=O)(=O)N[C@H]4C[C@H](O)C4)c3)c(Cl)c2)nc1C(F)F. The molecule has 2 aromatic carbocycles. The van der Waals surface area contributed by atoms with Crippen molar-refractivity contribution < 1.29 is 32.1 Å². The maximum Gasteiger partial charge on any atom is 0.349 e. The van der Waals surface area contributed by atoms with Crippen LogP contribution < -0.4 is 20.7 Å². The average molecular weight is 565 g/mol. The number of aromatic hydroxyl groups is 1. The van der Waals surface area contributed by atoms with E-state index in [4.69, 9.17) is 27.9 Å². The molecule has 0 bridgehead atoms. The van der Waals surface area contributed by atoms with Crippen LogP contribution in [0.3, 0.4) is 0 Å². The Morgan fingerprint density at radius 2 is 1.81 bits per heavy atom. The third-order valence-electron chi connectivity index (χ3n) is 5.16. The van der Waals surface area contributed by atoms with Crippen molar-refractivity contribution in [2.75, 3.05) is 0 Å². The fourth-order valence-corrected chi connectivity index (χ4v) is 5.28. The van der Waals surface area contributed by atoms with Crippen molar-refractivity contribution in [3.05, 3.63) is 66.9 Å². The summed E-state index contributed by atoms with van der Waals surface area (Å²) in [7, 11) is -4.17. The molecule has 0 aliphatic heterocycles. The van der Waals surface area contributed by atoms with E-state index >= 15 is 0 Å². The Morgan fingerprint density at radius 1 is 1.17 bits per heavy atom. The molecule has 1 fully saturated rings. The van der Waals surface area contributed by atoms with E-state index in [-0.39, 0.29) is 40.1 Å². The number of hydrogen-bond acceptors (Lipinski definition) is 8. The molecule has 0 radical (unpaired) electrons. The number of aromatic nitrogens is 3. The maximum atomic E-state index is 13.0. The van der Waals surface area contributed by atoms with Crippen LogP contribution in [0.1, 0.15) is 25.0 Å². The van der Waals surface area contributed by atoms with Gasteiger partial charge in [0.25, 0.3) is 12.0 Å². The van der Waals surface area contributed by atoms with Gasteiger partial charge in [0.1, 0.15) is 16.4 Å². The van der Waals surface area contributed by atoms with Crippen molar-refractivity contribution >= 4 is 33.2 Å². The number of nitrogens with one attached hydrogen (secondary N) is 2. The molecule has 192 valence electrons. The fraction of sp³-hybridized carbons (Fsp3) is 0.250. The zero-order valence-electron chi connectivity index (χ0n) is 17.8. The average Bonchev–Trinajstić information content (AvgIpc) is 2.75. The van der Waals surface area contributed by atoms with E-state index in [1.165, 1.54) is 6.07 Å². The molecule has 0 saturated heterocycles. The first-order chi connectivity index (χ1) is 16.9. The number of aromatic amines is 1. The number of H-pyrrole nitrogens is 1. The van der Waals surface area contributed by atoms with Gasteiger partial charge in [0.15, 0.2) is 11.4 Å². The zero-order valence-corrected chi connectivity index (χ0v) is 20.1. The van der Waals surface area contributed by atoms with E-state index in [2.05, 4.69) is 9.82 Å². The Hall–Kier alpha value is -3.04. The number of halogens is 4. The molecule has 16 heteroatoms. The summed E-state index contributed by atoms with van der Waals surface area (Å²) in [4.78, 5) is 24.8. The van der Waals surface area contributed by atoms with Crippen LogP contribution in [0.5, 0.6) is 17.2 Å². The molecule has 0 atom stereocenters. The van der Waals surface area contributed by atoms with Gasteiger partial charge in [-0.1, -0.05) is 23.2 Å². The van der Waals surface area contributed by atoms with Gasteiger partial charge >= 0.3 is 5.69 Å². The monoisotopic (exact) mass is 564 g/mol. The first kappa shape index (κ1) is 26.0. The second-order valence-electron chi connectivity index (χ2n) is 7.77. The number of aliphatic hydroxyl groups is 1. The van der Waals surface area contributed by atoms with E-state index in [1.807, 2.05) is 0 Å². The van der Waals surface area contributed by atoms with Crippen LogP contribution in [0.15, 0.2) is 44.8 Å². The molecule has 1 saturated carbocycles. The molecule has 3 aromatic rings. The third-order valence-corrected chi connectivity index (χ3v) is 7.27. The molecule has 1 aromatic heterocycles. The Morgan fingerprint density at radius 3 is 2.39 bits per heavy atom. The van der Waals surface area contributed by atoms with Gasteiger partial charge in [-0.2, -0.15) is 9.78 Å². The van der Waals surface area contributed by atoms with Gasteiger partial charge in [-0.05, 0) is 37.1 Å². The maximum absolute atomic E-state index is 13.0. The van der Waals surface area contributed by atoms with Crippen LogP contribution in [0, 0.1) is 0 Å². The summed E-state index contributed by atoms with van der Waals surface area (Å²) >= 11 is 12.4. The number of ether oxygens (including phenoxy) is 1. The number of hydrogen-bond donors (Lipinski definition) is 4. The Bertz CT molecular complexity index is 1530. The highest BCUT2D eigenvalue weighted by atomic mass is 35.5. The number of phenolic OH excluding ortho intramolecular Hbond substituents is 1. The summed E-state index contributed by atoms with van der Waals surface area (Å²) in [5.74, 6) is -0.823. The number of phenols is 1. The molecule has 4 N–H and O–H groups in total. The van der Waals surface area contributed by atoms with Gasteiger partial charge in [0.2, 0.25) is 10.0 Å². The van der Waals surface area contributed by atoms with E-state index in [0.29, 0.717) is 4.68 Å². The Labute approximate surface area is 210 Å². The van der Waals surface area contributed by atoms with Gasteiger partial charge in [-0.15, -0.1) is 0 Å². The van der Waals surface area contributed by atoms with Gasteiger partial charge in [-0.25, -0.2) is 26.7 Å². The first-order valence-electron chi connectivity index (χ1n) is 10.1. The standard InChI is InChI=1S/C20H16Cl2F2N4O7S/c21-12-5-9(28-20(32)25-19(31)16(26-28)18(23)24)6-13(22)17(12)35-11-1-2-14(30)15(7-11)36(33,34)27-8-3-10(29)4-8/h1-2,5-8,10,18,27,29-30H,3-4H2,(H,25,31,32)/t8-,10-. The number of rotatable bonds is 7. The summed E-state index contributed by atoms with van der Waals surface area (Å²) < 4.78 is 59.8. The van der Waals surface area contributed by atoms with Crippen LogP contribution in [0.4, 0.5) is 8.78 Å². The highest BCUT2D eigenvalue weighted by Crippen LogP contribution is 2.39. The number of alkyl halides is 2. The number of benzene rings is 2. The quantitative estimate of drug-likeness (QED) is 0.340. The first-order valence-corrected chi connectivity index (χ1v) is 12.3. The molecule has 0 spiro atoms. The number of aliphatic hydroxyl groups excluding tert-OH is 1. The molecule has 1 aliphatic carbocycles. The lowest BCUT2D eigenvalue weighted by Crippen LogP contribution is -2.46. The molecule has 0 amide bonds. The topological polar surface area (TPSA) is 164 Å². The highest BCUT2D eigenvalue weighted by Gasteiger charge is 2.32. The minimum atomic E-state index is -4.17. The normalized spacial score (nSPS) is 17.7. The van der Waals surface area contributed by atoms with E-state index in [9.17, 15) is 37.0 Å². The van der Waals surface area contributed by atoms with Gasteiger partial charge in [0.05, 0.1) is 21.8 Å². The highest BCUT2D eigenvalue weighted by molar-refractivity contribution is 7.89. The van der Waals surface area contributed by atoms with Crippen molar-refractivity contribution in [2.45, 2.75) is 36.3 Å². The van der Waals surface area contributed by atoms with Crippen LogP contribution in [0.2, 0.25) is 10.0 Å². The molecular weight excluding hydrogens is 549 g/mol. The van der Waals surface area contributed by atoms with Crippen molar-refractivity contribution in [2.24, 2.45) is 0 Å². The minimum Gasteiger partial charge on any atom is -0.507 e. The summed E-state index contributed by atoms with van der Waals surface area (Å²) in [6, 6.07) is 5.06. The van der Waals surface area contributed by atoms with Gasteiger partial charge in [0, 0.05) is 12.1 Å². The predicted octanol–water partition coefficient (Wildman–Crippen LogP) is 2.46. The Kier molecular flexibility index (Phi) is 7.07. The molecular formula is C20H16Cl2F2N4O7S. The molecule has 1 heterocycles. The molecule has 0 unspecified atom stereocenters. The largest absolute Gasteiger partial charge is 0.507 e. The summed E-state index contributed by atoms with van der Waals surface area (Å²) in [5, 5.41) is 22.4. The second-order valence-corrected chi connectivity index (χ2v) is 10.3. The van der Waals surface area contributed by atoms with Crippen molar-refractivity contribution in [1.82, 2.24) is 19.5 Å². The van der Waals surface area contributed by atoms with Gasteiger partial charge < -0.3 is 14.9 Å². The summed E-state index contributed by atoms with van der Waals surface area (Å²) in [6.45, 7) is 0. The second kappa shape index (κ2) is 9.78. The van der Waals surface area contributed by atoms with E-state index in [0.717, 1.165) is 24.3 Å². The lowest BCUT2D eigenvalue weighted by molar-refractivity contribution is 0.0712. The predicted molar refractivity (Wildman–Crippen MR) is 123 cm³/mol. The van der Waals surface area contributed by atoms with Crippen LogP contribution >= 0.6 is 23.2 Å². The number of nitrogens with zero attached hydrogens (tertiary/aromatic N) is 2. The molecule has 11 nitrogen and oxygen atoms in total. The summed E-state index contributed by atoms with van der Waals surface area (Å²) in [5.41, 5.74) is -3.82. The third kappa shape index (κ3) is 5.22. The lowest BCUT2D eigenvalue weighted by atomic mass is 9.91.